The molecule has 0 fully saturated rings. The van der Waals surface area contributed by atoms with E-state index in [1.165, 1.54) is 22.1 Å². The van der Waals surface area contributed by atoms with Gasteiger partial charge in [-0.1, -0.05) is 36.9 Å². The van der Waals surface area contributed by atoms with Gasteiger partial charge in [0, 0.05) is 0 Å². The van der Waals surface area contributed by atoms with E-state index < -0.39 is 8.07 Å². The molecule has 1 nitrogen and oxygen atoms in total. The molecule has 0 radical (unpaired) electrons. The van der Waals surface area contributed by atoms with E-state index in [4.69, 9.17) is 4.42 Å². The first-order valence-corrected chi connectivity index (χ1v) is 9.35. The van der Waals surface area contributed by atoms with Crippen molar-refractivity contribution in [2.45, 2.75) is 39.9 Å². The highest BCUT2D eigenvalue weighted by atomic mass is 28.3. The molecule has 0 saturated heterocycles. The Hall–Kier alpha value is -1.02. The van der Waals surface area contributed by atoms with Crippen LogP contribution in [0.1, 0.15) is 26.0 Å². The van der Waals surface area contributed by atoms with E-state index in [9.17, 15) is 0 Å². The van der Waals surface area contributed by atoms with Gasteiger partial charge < -0.3 is 4.42 Å². The molecule has 1 heterocycles. The third kappa shape index (κ3) is 2.07. The van der Waals surface area contributed by atoms with Crippen LogP contribution in [0.4, 0.5) is 0 Å². The highest BCUT2D eigenvalue weighted by Gasteiger charge is 2.22. The third-order valence-electron chi connectivity index (χ3n) is 3.18. The van der Waals surface area contributed by atoms with Gasteiger partial charge in [0.05, 0.1) is 5.38 Å². The maximum absolute atomic E-state index is 6.00. The summed E-state index contributed by atoms with van der Waals surface area (Å²) in [5.41, 5.74) is 4.18. The van der Waals surface area contributed by atoms with Crippen LogP contribution in [0.5, 0.6) is 0 Å². The lowest BCUT2D eigenvalue weighted by Gasteiger charge is -2.11. The molecule has 1 aliphatic carbocycles. The SMILES string of the molecule is CC1=C(C)CC(c2ccc([Si](C)(C)C)o2)=C1. The quantitative estimate of drug-likeness (QED) is 0.704. The van der Waals surface area contributed by atoms with Crippen molar-refractivity contribution in [1.82, 2.24) is 0 Å². The molecule has 0 atom stereocenters. The first-order valence-electron chi connectivity index (χ1n) is 5.85. The van der Waals surface area contributed by atoms with Crippen LogP contribution in [-0.2, 0) is 0 Å². The molecule has 16 heavy (non-hydrogen) atoms. The number of hydrogen-bond donors (Lipinski definition) is 0. The van der Waals surface area contributed by atoms with Crippen molar-refractivity contribution in [1.29, 1.82) is 0 Å². The molecule has 1 aliphatic rings. The Morgan fingerprint density at radius 1 is 1.12 bits per heavy atom. The van der Waals surface area contributed by atoms with Crippen molar-refractivity contribution < 1.29 is 4.42 Å². The molecule has 1 aromatic heterocycles. The maximum Gasteiger partial charge on any atom is 0.129 e. The van der Waals surface area contributed by atoms with E-state index in [-0.39, 0.29) is 0 Å². The molecule has 0 bridgehead atoms. The minimum atomic E-state index is -1.30. The highest BCUT2D eigenvalue weighted by Crippen LogP contribution is 2.31. The Bertz CT molecular complexity index is 469. The zero-order chi connectivity index (χ0) is 11.9. The molecule has 0 aromatic carbocycles. The fourth-order valence-corrected chi connectivity index (χ4v) is 2.93. The van der Waals surface area contributed by atoms with E-state index in [0.717, 1.165) is 12.2 Å². The lowest BCUT2D eigenvalue weighted by molar-refractivity contribution is 0.580. The molecule has 0 amide bonds. The summed E-state index contributed by atoms with van der Waals surface area (Å²) in [7, 11) is -1.30. The molecular formula is C14H20OSi. The lowest BCUT2D eigenvalue weighted by atomic mass is 10.1. The van der Waals surface area contributed by atoms with Crippen LogP contribution in [0.2, 0.25) is 19.6 Å². The maximum atomic E-state index is 6.00. The smallest absolute Gasteiger partial charge is 0.129 e. The summed E-state index contributed by atoms with van der Waals surface area (Å²) < 4.78 is 6.00. The number of rotatable bonds is 2. The topological polar surface area (TPSA) is 13.1 Å². The van der Waals surface area contributed by atoms with Crippen LogP contribution in [0.15, 0.2) is 33.8 Å². The number of allylic oxidation sites excluding steroid dienone is 4. The van der Waals surface area contributed by atoms with Crippen molar-refractivity contribution in [3.63, 3.8) is 0 Å². The van der Waals surface area contributed by atoms with Gasteiger partial charge in [-0.05, 0) is 38.0 Å². The van der Waals surface area contributed by atoms with Gasteiger partial charge in [0.25, 0.3) is 0 Å². The molecule has 0 N–H and O–H groups in total. The Morgan fingerprint density at radius 3 is 2.25 bits per heavy atom. The minimum absolute atomic E-state index is 1.05. The predicted octanol–water partition coefficient (Wildman–Crippen LogP) is 3.95. The lowest BCUT2D eigenvalue weighted by Crippen LogP contribution is -2.36. The van der Waals surface area contributed by atoms with Crippen LogP contribution in [-0.4, -0.2) is 8.07 Å². The van der Waals surface area contributed by atoms with E-state index in [1.807, 2.05) is 0 Å². The summed E-state index contributed by atoms with van der Waals surface area (Å²) in [6.45, 7) is 11.3. The fourth-order valence-electron chi connectivity index (χ4n) is 1.93. The van der Waals surface area contributed by atoms with Crippen LogP contribution >= 0.6 is 0 Å². The molecule has 2 heteroatoms. The third-order valence-corrected chi connectivity index (χ3v) is 4.93. The fraction of sp³-hybridized carbons (Fsp3) is 0.429. The van der Waals surface area contributed by atoms with E-state index in [2.05, 4.69) is 51.7 Å². The van der Waals surface area contributed by atoms with Crippen LogP contribution in [0.3, 0.4) is 0 Å². The van der Waals surface area contributed by atoms with Crippen LogP contribution in [0, 0.1) is 0 Å². The van der Waals surface area contributed by atoms with Crippen LogP contribution in [0.25, 0.3) is 5.57 Å². The predicted molar refractivity (Wildman–Crippen MR) is 72.7 cm³/mol. The summed E-state index contributed by atoms with van der Waals surface area (Å²) in [6, 6.07) is 4.29. The van der Waals surface area contributed by atoms with Crippen molar-refractivity contribution >= 4 is 19.0 Å². The second-order valence-corrected chi connectivity index (χ2v) is 10.7. The molecule has 1 aromatic rings. The van der Waals surface area contributed by atoms with Crippen molar-refractivity contribution in [2.24, 2.45) is 0 Å². The van der Waals surface area contributed by atoms with Gasteiger partial charge in [-0.3, -0.25) is 0 Å². The summed E-state index contributed by atoms with van der Waals surface area (Å²) in [6.07, 6.45) is 3.30. The summed E-state index contributed by atoms with van der Waals surface area (Å²) in [4.78, 5) is 0. The van der Waals surface area contributed by atoms with Crippen molar-refractivity contribution in [3.8, 4) is 0 Å². The Balaban J connectivity index is 2.26. The highest BCUT2D eigenvalue weighted by molar-refractivity contribution is 6.87. The van der Waals surface area contributed by atoms with Gasteiger partial charge in [0.15, 0.2) is 0 Å². The number of furan rings is 1. The summed E-state index contributed by atoms with van der Waals surface area (Å²) in [5, 5.41) is 1.20. The first-order chi connectivity index (χ1) is 7.38. The van der Waals surface area contributed by atoms with Gasteiger partial charge in [-0.25, -0.2) is 0 Å². The van der Waals surface area contributed by atoms with E-state index in [0.29, 0.717) is 0 Å². The molecule has 0 aliphatic heterocycles. The summed E-state index contributed by atoms with van der Waals surface area (Å²) in [5.74, 6) is 1.06. The normalized spacial score (nSPS) is 16.9. The average molecular weight is 232 g/mol. The largest absolute Gasteiger partial charge is 0.467 e. The van der Waals surface area contributed by atoms with Crippen LogP contribution < -0.4 is 5.38 Å². The Kier molecular flexibility index (Phi) is 2.70. The molecule has 2 rings (SSSR count). The summed E-state index contributed by atoms with van der Waals surface area (Å²) >= 11 is 0. The van der Waals surface area contributed by atoms with Gasteiger partial charge in [0.1, 0.15) is 13.8 Å². The monoisotopic (exact) mass is 232 g/mol. The van der Waals surface area contributed by atoms with Gasteiger partial charge in [-0.15, -0.1) is 0 Å². The number of hydrogen-bond acceptors (Lipinski definition) is 1. The van der Waals surface area contributed by atoms with E-state index >= 15 is 0 Å². The van der Waals surface area contributed by atoms with Gasteiger partial charge >= 0.3 is 0 Å². The Labute approximate surface area is 98.9 Å². The van der Waals surface area contributed by atoms with Crippen molar-refractivity contribution in [2.75, 3.05) is 0 Å². The van der Waals surface area contributed by atoms with E-state index in [1.54, 1.807) is 0 Å². The molecule has 0 spiro atoms. The molecular weight excluding hydrogens is 212 g/mol. The zero-order valence-electron chi connectivity index (χ0n) is 10.8. The minimum Gasteiger partial charge on any atom is -0.467 e. The standard InChI is InChI=1S/C14H20OSi/c1-10-8-12(9-11(10)2)13-6-7-14(15-13)16(3,4)5/h6-8H,9H2,1-5H3. The molecule has 86 valence electrons. The van der Waals surface area contributed by atoms with Crippen molar-refractivity contribution in [3.05, 3.63) is 35.1 Å². The first kappa shape index (κ1) is 11.5. The second-order valence-electron chi connectivity index (χ2n) is 5.72. The molecule has 0 saturated carbocycles. The zero-order valence-corrected chi connectivity index (χ0v) is 11.8. The average Bonchev–Trinajstić information content (AvgIpc) is 2.73. The van der Waals surface area contributed by atoms with Gasteiger partial charge in [0.2, 0.25) is 0 Å². The second kappa shape index (κ2) is 3.77. The Morgan fingerprint density at radius 2 is 1.81 bits per heavy atom. The van der Waals surface area contributed by atoms with Gasteiger partial charge in [-0.2, -0.15) is 0 Å². The molecule has 0 unspecified atom stereocenters.